The van der Waals surface area contributed by atoms with E-state index >= 15 is 0 Å². The molecular weight excluding hydrogens is 434 g/mol. The molecule has 3 heterocycles. The summed E-state index contributed by atoms with van der Waals surface area (Å²) in [7, 11) is 0. The molecule has 1 aliphatic heterocycles. The Balaban J connectivity index is 1.58. The number of anilines is 1. The predicted molar refractivity (Wildman–Crippen MR) is 127 cm³/mol. The highest BCUT2D eigenvalue weighted by atomic mass is 35.5. The van der Waals surface area contributed by atoms with Crippen LogP contribution in [-0.2, 0) is 13.0 Å². The average Bonchev–Trinajstić information content (AvgIpc) is 3.33. The first-order chi connectivity index (χ1) is 14.6. The van der Waals surface area contributed by atoms with Crippen LogP contribution in [0.2, 0.25) is 5.02 Å². The van der Waals surface area contributed by atoms with Gasteiger partial charge in [-0.1, -0.05) is 30.7 Å². The summed E-state index contributed by atoms with van der Waals surface area (Å²) in [6.07, 6.45) is 0.974. The number of hydrogen-bond acceptors (Lipinski definition) is 5. The predicted octanol–water partition coefficient (Wildman–Crippen LogP) is 6.31. The topological polar surface area (TPSA) is 45.2 Å². The zero-order valence-corrected chi connectivity index (χ0v) is 18.8. The number of nitrogens with one attached hydrogen (secondary N) is 1. The van der Waals surface area contributed by atoms with Gasteiger partial charge in [-0.05, 0) is 54.9 Å². The van der Waals surface area contributed by atoms with Gasteiger partial charge in [0.05, 0.1) is 10.2 Å². The largest absolute Gasteiger partial charge is 0.313 e. The van der Waals surface area contributed by atoms with Crippen LogP contribution < -0.4 is 5.32 Å². The zero-order valence-electron chi connectivity index (χ0n) is 16.4. The smallest absolute Gasteiger partial charge is 0.256 e. The first-order valence-electron chi connectivity index (χ1n) is 9.92. The standard InChI is InChI=1S/C23H20ClN3OS2/c1-2-27-12-11-16-19(13-27)30-23(26-21(28)14-7-9-15(24)10-8-14)20(16)22-25-17-5-3-4-6-18(17)29-22/h3-10H,2,11-13H2,1H3,(H,26,28). The number of fused-ring (bicyclic) bond motifs is 2. The third-order valence-electron chi connectivity index (χ3n) is 5.42. The number of likely N-dealkylation sites (N-methyl/N-ethyl adjacent to an activating group) is 1. The van der Waals surface area contributed by atoms with Crippen molar-refractivity contribution in [2.45, 2.75) is 19.9 Å². The molecule has 5 rings (SSSR count). The van der Waals surface area contributed by atoms with Gasteiger partial charge in [-0.2, -0.15) is 0 Å². The SMILES string of the molecule is CCN1CCc2c(sc(NC(=O)c3ccc(Cl)cc3)c2-c2nc3ccccc3s2)C1. The van der Waals surface area contributed by atoms with Crippen LogP contribution in [0, 0.1) is 0 Å². The molecule has 1 aliphatic rings. The van der Waals surface area contributed by atoms with Crippen molar-refractivity contribution in [3.05, 3.63) is 69.6 Å². The lowest BCUT2D eigenvalue weighted by Gasteiger charge is -2.25. The Bertz CT molecular complexity index is 1200. The van der Waals surface area contributed by atoms with Crippen LogP contribution in [0.4, 0.5) is 5.00 Å². The lowest BCUT2D eigenvalue weighted by molar-refractivity contribution is 0.102. The Kier molecular flexibility index (Phi) is 5.33. The van der Waals surface area contributed by atoms with Crippen molar-refractivity contribution < 1.29 is 4.79 Å². The van der Waals surface area contributed by atoms with Crippen molar-refractivity contribution in [3.63, 3.8) is 0 Å². The highest BCUT2D eigenvalue weighted by Gasteiger charge is 2.27. The van der Waals surface area contributed by atoms with E-state index in [9.17, 15) is 4.79 Å². The minimum absolute atomic E-state index is 0.125. The average molecular weight is 454 g/mol. The van der Waals surface area contributed by atoms with Gasteiger partial charge in [-0.3, -0.25) is 9.69 Å². The summed E-state index contributed by atoms with van der Waals surface area (Å²) < 4.78 is 1.16. The Morgan fingerprint density at radius 2 is 1.97 bits per heavy atom. The highest BCUT2D eigenvalue weighted by Crippen LogP contribution is 2.45. The van der Waals surface area contributed by atoms with Gasteiger partial charge in [0.25, 0.3) is 5.91 Å². The molecule has 0 unspecified atom stereocenters. The molecule has 152 valence electrons. The van der Waals surface area contributed by atoms with Gasteiger partial charge in [-0.25, -0.2) is 4.98 Å². The molecule has 2 aromatic heterocycles. The number of benzene rings is 2. The number of para-hydroxylation sites is 1. The number of carbonyl (C=O) groups is 1. The molecule has 4 aromatic rings. The summed E-state index contributed by atoms with van der Waals surface area (Å²) in [4.78, 5) is 21.6. The van der Waals surface area contributed by atoms with E-state index in [-0.39, 0.29) is 5.91 Å². The van der Waals surface area contributed by atoms with Crippen LogP contribution in [0.5, 0.6) is 0 Å². The van der Waals surface area contributed by atoms with E-state index in [1.54, 1.807) is 46.9 Å². The maximum Gasteiger partial charge on any atom is 0.256 e. The summed E-state index contributed by atoms with van der Waals surface area (Å²) >= 11 is 9.34. The number of thiazole rings is 1. The molecule has 0 saturated carbocycles. The molecule has 7 heteroatoms. The summed E-state index contributed by atoms with van der Waals surface area (Å²) in [5.41, 5.74) is 4.01. The van der Waals surface area contributed by atoms with E-state index in [2.05, 4.69) is 23.2 Å². The van der Waals surface area contributed by atoms with Crippen molar-refractivity contribution in [1.29, 1.82) is 0 Å². The maximum atomic E-state index is 12.9. The van der Waals surface area contributed by atoms with E-state index in [0.29, 0.717) is 10.6 Å². The van der Waals surface area contributed by atoms with Crippen LogP contribution in [0.3, 0.4) is 0 Å². The van der Waals surface area contributed by atoms with Crippen molar-refractivity contribution in [3.8, 4) is 10.6 Å². The van der Waals surface area contributed by atoms with Gasteiger partial charge in [0.2, 0.25) is 0 Å². The van der Waals surface area contributed by atoms with E-state index in [1.807, 2.05) is 18.2 Å². The van der Waals surface area contributed by atoms with Gasteiger partial charge >= 0.3 is 0 Å². The number of halogens is 1. The van der Waals surface area contributed by atoms with Gasteiger partial charge in [0.15, 0.2) is 0 Å². The fourth-order valence-corrected chi connectivity index (χ4v) is 6.32. The second-order valence-electron chi connectivity index (χ2n) is 7.27. The number of hydrogen-bond donors (Lipinski definition) is 1. The summed E-state index contributed by atoms with van der Waals surface area (Å²) in [5.74, 6) is -0.125. The van der Waals surface area contributed by atoms with E-state index in [0.717, 1.165) is 51.8 Å². The molecule has 30 heavy (non-hydrogen) atoms. The molecule has 0 fully saturated rings. The molecule has 4 nitrogen and oxygen atoms in total. The van der Waals surface area contributed by atoms with Crippen LogP contribution >= 0.6 is 34.3 Å². The Labute approximate surface area is 188 Å². The summed E-state index contributed by atoms with van der Waals surface area (Å²) in [6.45, 7) is 5.17. The minimum atomic E-state index is -0.125. The second-order valence-corrected chi connectivity index (χ2v) is 9.85. The number of carbonyl (C=O) groups excluding carboxylic acids is 1. The number of thiophene rings is 1. The van der Waals surface area contributed by atoms with E-state index in [1.165, 1.54) is 10.4 Å². The molecule has 1 amide bonds. The van der Waals surface area contributed by atoms with Gasteiger partial charge in [0.1, 0.15) is 10.0 Å². The Hall–Kier alpha value is -2.25. The van der Waals surface area contributed by atoms with Crippen LogP contribution in [-0.4, -0.2) is 28.9 Å². The number of nitrogens with zero attached hydrogens (tertiary/aromatic N) is 2. The van der Waals surface area contributed by atoms with Crippen molar-refractivity contribution in [1.82, 2.24) is 9.88 Å². The van der Waals surface area contributed by atoms with E-state index < -0.39 is 0 Å². The molecule has 0 atom stereocenters. The Morgan fingerprint density at radius 3 is 2.73 bits per heavy atom. The molecule has 2 aromatic carbocycles. The fourth-order valence-electron chi connectivity index (χ4n) is 3.80. The lowest BCUT2D eigenvalue weighted by atomic mass is 10.0. The maximum absolute atomic E-state index is 12.9. The molecule has 0 spiro atoms. The van der Waals surface area contributed by atoms with Gasteiger partial charge in [-0.15, -0.1) is 22.7 Å². The quantitative estimate of drug-likeness (QED) is 0.394. The minimum Gasteiger partial charge on any atom is -0.313 e. The highest BCUT2D eigenvalue weighted by molar-refractivity contribution is 7.23. The molecule has 0 saturated heterocycles. The molecule has 0 aliphatic carbocycles. The molecule has 1 N–H and O–H groups in total. The third-order valence-corrected chi connectivity index (χ3v) is 7.86. The number of rotatable bonds is 4. The molecule has 0 bridgehead atoms. The fraction of sp³-hybridized carbons (Fsp3) is 0.217. The zero-order chi connectivity index (χ0) is 20.7. The first kappa shape index (κ1) is 19.7. The molecular formula is C23H20ClN3OS2. The normalized spacial score (nSPS) is 14.1. The third kappa shape index (κ3) is 3.65. The monoisotopic (exact) mass is 453 g/mol. The number of aromatic nitrogens is 1. The molecule has 0 radical (unpaired) electrons. The van der Waals surface area contributed by atoms with Crippen molar-refractivity contribution in [2.24, 2.45) is 0 Å². The van der Waals surface area contributed by atoms with Crippen LogP contribution in [0.25, 0.3) is 20.8 Å². The van der Waals surface area contributed by atoms with Crippen molar-refractivity contribution >= 4 is 55.4 Å². The Morgan fingerprint density at radius 1 is 1.17 bits per heavy atom. The summed E-state index contributed by atoms with van der Waals surface area (Å²) in [5, 5.41) is 5.65. The van der Waals surface area contributed by atoms with E-state index in [4.69, 9.17) is 16.6 Å². The van der Waals surface area contributed by atoms with Crippen molar-refractivity contribution in [2.75, 3.05) is 18.4 Å². The van der Waals surface area contributed by atoms with Crippen LogP contribution in [0.15, 0.2) is 48.5 Å². The lowest BCUT2D eigenvalue weighted by Crippen LogP contribution is -2.29. The number of amides is 1. The first-order valence-corrected chi connectivity index (χ1v) is 11.9. The second kappa shape index (κ2) is 8.12. The van der Waals surface area contributed by atoms with Gasteiger partial charge < -0.3 is 5.32 Å². The van der Waals surface area contributed by atoms with Gasteiger partial charge in [0, 0.05) is 34.1 Å². The summed E-state index contributed by atoms with van der Waals surface area (Å²) in [6, 6.07) is 15.2. The van der Waals surface area contributed by atoms with Crippen LogP contribution in [0.1, 0.15) is 27.7 Å².